The summed E-state index contributed by atoms with van der Waals surface area (Å²) in [4.78, 5) is 26.0. The van der Waals surface area contributed by atoms with Crippen LogP contribution in [0.1, 0.15) is 44.3 Å². The molecule has 11 heteroatoms. The highest BCUT2D eigenvalue weighted by Gasteiger charge is 2.31. The van der Waals surface area contributed by atoms with Gasteiger partial charge >= 0.3 is 6.03 Å². The number of hydrogen-bond donors (Lipinski definition) is 2. The molecule has 1 aromatic heterocycles. The Morgan fingerprint density at radius 3 is 2.59 bits per heavy atom. The Morgan fingerprint density at radius 2 is 1.85 bits per heavy atom. The van der Waals surface area contributed by atoms with Gasteiger partial charge in [0.15, 0.2) is 5.82 Å². The Bertz CT molecular complexity index is 1340. The normalized spacial score (nSPS) is 18.4. The molecule has 39 heavy (non-hydrogen) atoms. The fourth-order valence-electron chi connectivity index (χ4n) is 5.22. The maximum atomic E-state index is 14.3. The van der Waals surface area contributed by atoms with Crippen molar-refractivity contribution in [1.82, 2.24) is 19.8 Å². The molecule has 2 amide bonds. The van der Waals surface area contributed by atoms with Gasteiger partial charge in [0.2, 0.25) is 0 Å². The number of nitrogen functional groups attached to an aromatic ring is 1. The van der Waals surface area contributed by atoms with Crippen LogP contribution in [0.3, 0.4) is 0 Å². The Balaban J connectivity index is 1.26. The monoisotopic (exact) mass is 556 g/mol. The van der Waals surface area contributed by atoms with Crippen molar-refractivity contribution >= 4 is 29.1 Å². The fraction of sp³-hybridized carbons (Fsp3) is 0.393. The summed E-state index contributed by atoms with van der Waals surface area (Å²) >= 11 is 5.97. The molecule has 2 fully saturated rings. The molecule has 3 N–H and O–H groups in total. The summed E-state index contributed by atoms with van der Waals surface area (Å²) in [5.41, 5.74) is 7.65. The molecular weight excluding hydrogens is 526 g/mol. The molecule has 2 aliphatic rings. The maximum absolute atomic E-state index is 14.3. The number of carbonyl (C=O) groups excluding carboxylic acids is 1. The van der Waals surface area contributed by atoms with Crippen LogP contribution in [-0.2, 0) is 0 Å². The number of ether oxygens (including phenoxy) is 1. The van der Waals surface area contributed by atoms with Crippen molar-refractivity contribution < 1.29 is 18.3 Å². The van der Waals surface area contributed by atoms with E-state index in [1.807, 2.05) is 4.90 Å². The second-order valence-corrected chi connectivity index (χ2v) is 10.3. The third-order valence-corrected chi connectivity index (χ3v) is 7.66. The highest BCUT2D eigenvalue weighted by atomic mass is 35.5. The Hall–Kier alpha value is -3.50. The quantitative estimate of drug-likeness (QED) is 0.352. The first-order valence-electron chi connectivity index (χ1n) is 13.1. The van der Waals surface area contributed by atoms with E-state index >= 15 is 0 Å². The number of anilines is 2. The number of benzene rings is 2. The van der Waals surface area contributed by atoms with E-state index in [0.29, 0.717) is 16.9 Å². The van der Waals surface area contributed by atoms with E-state index in [1.165, 1.54) is 26.0 Å². The first-order chi connectivity index (χ1) is 18.8. The lowest BCUT2D eigenvalue weighted by Gasteiger charge is -2.28. The van der Waals surface area contributed by atoms with E-state index in [0.717, 1.165) is 51.2 Å². The molecule has 206 valence electrons. The molecule has 5 rings (SSSR count). The van der Waals surface area contributed by atoms with E-state index in [-0.39, 0.29) is 34.4 Å². The van der Waals surface area contributed by atoms with Crippen LogP contribution in [0.4, 0.5) is 25.1 Å². The Labute approximate surface area is 231 Å². The van der Waals surface area contributed by atoms with Crippen LogP contribution < -0.4 is 15.8 Å². The molecule has 2 atom stereocenters. The molecule has 0 saturated carbocycles. The molecule has 1 unspecified atom stereocenters. The number of nitrogens with zero attached hydrogens (tertiary/aromatic N) is 4. The first-order valence-corrected chi connectivity index (χ1v) is 13.5. The molecular formula is C28H31ClF2N6O2. The number of nitrogens with one attached hydrogen (secondary N) is 1. The van der Waals surface area contributed by atoms with Crippen molar-refractivity contribution in [3.8, 4) is 17.1 Å². The molecule has 0 aliphatic carbocycles. The summed E-state index contributed by atoms with van der Waals surface area (Å²) in [6.07, 6.45) is 5.02. The van der Waals surface area contributed by atoms with Gasteiger partial charge in [-0.15, -0.1) is 0 Å². The van der Waals surface area contributed by atoms with Crippen LogP contribution in [0.15, 0.2) is 42.6 Å². The number of carbonyl (C=O) groups is 1. The average molecular weight is 557 g/mol. The molecule has 2 aliphatic heterocycles. The summed E-state index contributed by atoms with van der Waals surface area (Å²) in [5, 5.41) is 2.64. The summed E-state index contributed by atoms with van der Waals surface area (Å²) in [5.74, 6) is -1.49. The van der Waals surface area contributed by atoms with Crippen molar-refractivity contribution in [1.29, 1.82) is 0 Å². The van der Waals surface area contributed by atoms with Crippen LogP contribution in [0, 0.1) is 11.6 Å². The molecule has 2 aromatic carbocycles. The van der Waals surface area contributed by atoms with E-state index in [4.69, 9.17) is 22.1 Å². The summed E-state index contributed by atoms with van der Waals surface area (Å²) in [7, 11) is 0. The second kappa shape index (κ2) is 11.7. The molecule has 0 bridgehead atoms. The zero-order valence-corrected chi connectivity index (χ0v) is 22.4. The highest BCUT2D eigenvalue weighted by Crippen LogP contribution is 2.33. The van der Waals surface area contributed by atoms with E-state index in [2.05, 4.69) is 20.2 Å². The largest absolute Gasteiger partial charge is 0.467 e. The van der Waals surface area contributed by atoms with E-state index in [9.17, 15) is 13.6 Å². The highest BCUT2D eigenvalue weighted by molar-refractivity contribution is 6.31. The van der Waals surface area contributed by atoms with Gasteiger partial charge in [0, 0.05) is 35.9 Å². The average Bonchev–Trinajstić information content (AvgIpc) is 3.61. The molecule has 3 aromatic rings. The first kappa shape index (κ1) is 27.1. The van der Waals surface area contributed by atoms with E-state index < -0.39 is 17.7 Å². The minimum Gasteiger partial charge on any atom is -0.467 e. The van der Waals surface area contributed by atoms with Crippen LogP contribution in [-0.4, -0.2) is 58.0 Å². The number of amides is 2. The Morgan fingerprint density at radius 1 is 1.13 bits per heavy atom. The number of nitrogens with two attached hydrogens (primary N) is 1. The zero-order valence-electron chi connectivity index (χ0n) is 21.7. The van der Waals surface area contributed by atoms with Gasteiger partial charge in [-0.2, -0.15) is 0 Å². The number of urea groups is 1. The third kappa shape index (κ3) is 6.07. The second-order valence-electron chi connectivity index (χ2n) is 9.97. The van der Waals surface area contributed by atoms with Crippen LogP contribution >= 0.6 is 11.6 Å². The van der Waals surface area contributed by atoms with Crippen molar-refractivity contribution in [3.63, 3.8) is 0 Å². The standard InChI is InChI=1S/C28H31ClF2N6O2/c1-17(24-21(30)10-11-22(31)25(24)29)39-27-26(32)33-15-23(35-27)18-6-8-19(9-7-18)34-28(38)37-14-4-5-20(37)16-36-12-2-3-13-36/h6-11,15,17,20H,2-5,12-14,16H2,1H3,(H2,32,33)(H,34,38)/t17-,20?/m1/s1. The van der Waals surface area contributed by atoms with E-state index in [1.54, 1.807) is 24.3 Å². The number of hydrogen-bond acceptors (Lipinski definition) is 6. The summed E-state index contributed by atoms with van der Waals surface area (Å²) < 4.78 is 34.0. The predicted molar refractivity (Wildman–Crippen MR) is 147 cm³/mol. The van der Waals surface area contributed by atoms with Crippen molar-refractivity contribution in [2.45, 2.75) is 44.8 Å². The van der Waals surface area contributed by atoms with Gasteiger partial charge in [-0.25, -0.2) is 23.5 Å². The third-order valence-electron chi connectivity index (χ3n) is 7.28. The number of halogens is 3. The van der Waals surface area contributed by atoms with Gasteiger partial charge in [0.1, 0.15) is 17.7 Å². The molecule has 0 spiro atoms. The van der Waals surface area contributed by atoms with Gasteiger partial charge < -0.3 is 25.6 Å². The molecule has 8 nitrogen and oxygen atoms in total. The fourth-order valence-corrected chi connectivity index (χ4v) is 5.53. The van der Waals surface area contributed by atoms with Crippen molar-refractivity contribution in [3.05, 3.63) is 64.8 Å². The van der Waals surface area contributed by atoms with Gasteiger partial charge in [-0.1, -0.05) is 23.7 Å². The zero-order chi connectivity index (χ0) is 27.5. The van der Waals surface area contributed by atoms with Crippen LogP contribution in [0.2, 0.25) is 5.02 Å². The summed E-state index contributed by atoms with van der Waals surface area (Å²) in [6, 6.07) is 9.28. The molecule has 3 heterocycles. The molecule has 0 radical (unpaired) electrons. The number of aromatic nitrogens is 2. The van der Waals surface area contributed by atoms with Crippen LogP contribution in [0.5, 0.6) is 5.88 Å². The summed E-state index contributed by atoms with van der Waals surface area (Å²) in [6.45, 7) is 5.44. The predicted octanol–water partition coefficient (Wildman–Crippen LogP) is 5.89. The van der Waals surface area contributed by atoms with Crippen molar-refractivity contribution in [2.75, 3.05) is 37.2 Å². The van der Waals surface area contributed by atoms with Gasteiger partial charge in [-0.3, -0.25) is 0 Å². The molecule has 2 saturated heterocycles. The minimum atomic E-state index is -0.975. The Kier molecular flexibility index (Phi) is 8.13. The van der Waals surface area contributed by atoms with Gasteiger partial charge in [0.05, 0.1) is 16.9 Å². The van der Waals surface area contributed by atoms with Crippen LogP contribution in [0.25, 0.3) is 11.3 Å². The lowest BCUT2D eigenvalue weighted by Crippen LogP contribution is -2.44. The smallest absolute Gasteiger partial charge is 0.322 e. The topological polar surface area (TPSA) is 96.6 Å². The lowest BCUT2D eigenvalue weighted by molar-refractivity contribution is 0.186. The number of likely N-dealkylation sites (tertiary alicyclic amines) is 2. The number of rotatable bonds is 7. The van der Waals surface area contributed by atoms with Gasteiger partial charge in [-0.05, 0) is 70.0 Å². The maximum Gasteiger partial charge on any atom is 0.322 e. The minimum absolute atomic E-state index is 0.00323. The van der Waals surface area contributed by atoms with Gasteiger partial charge in [0.25, 0.3) is 5.88 Å². The SMILES string of the molecule is C[C@@H](Oc1nc(-c2ccc(NC(=O)N3CCCC3CN3CCCC3)cc2)cnc1N)c1c(F)ccc(F)c1Cl. The lowest BCUT2D eigenvalue weighted by atomic mass is 10.1. The van der Waals surface area contributed by atoms with Crippen molar-refractivity contribution in [2.24, 2.45) is 0 Å².